The van der Waals surface area contributed by atoms with Gasteiger partial charge in [0.25, 0.3) is 0 Å². The number of hydrogen-bond donors (Lipinski definition) is 1. The fourth-order valence-corrected chi connectivity index (χ4v) is 1.99. The largest absolute Gasteiger partial charge is 0.467 e. The van der Waals surface area contributed by atoms with Crippen LogP contribution in [0.2, 0.25) is 0 Å². The first-order valence-electron chi connectivity index (χ1n) is 6.48. The molecule has 0 spiro atoms. The summed E-state index contributed by atoms with van der Waals surface area (Å²) in [6, 6.07) is 3.83. The summed E-state index contributed by atoms with van der Waals surface area (Å²) < 4.78 is 5.36. The van der Waals surface area contributed by atoms with E-state index in [-0.39, 0.29) is 0 Å². The first-order chi connectivity index (χ1) is 9.11. The van der Waals surface area contributed by atoms with E-state index >= 15 is 0 Å². The molecule has 0 saturated carbocycles. The lowest BCUT2D eigenvalue weighted by Gasteiger charge is -2.20. The van der Waals surface area contributed by atoms with E-state index in [1.165, 1.54) is 0 Å². The molecule has 0 atom stereocenters. The predicted molar refractivity (Wildman–Crippen MR) is 76.0 cm³/mol. The van der Waals surface area contributed by atoms with Crippen LogP contribution in [0.1, 0.15) is 30.5 Å². The van der Waals surface area contributed by atoms with E-state index in [4.69, 9.17) is 10.2 Å². The van der Waals surface area contributed by atoms with E-state index in [1.54, 1.807) is 6.26 Å². The Morgan fingerprint density at radius 2 is 2.16 bits per heavy atom. The highest BCUT2D eigenvalue weighted by Crippen LogP contribution is 2.22. The van der Waals surface area contributed by atoms with Crippen LogP contribution in [0.4, 0.5) is 11.6 Å². The lowest BCUT2D eigenvalue weighted by Crippen LogP contribution is -2.20. The van der Waals surface area contributed by atoms with Gasteiger partial charge in [0, 0.05) is 19.0 Å². The van der Waals surface area contributed by atoms with Crippen molar-refractivity contribution in [2.24, 2.45) is 0 Å². The highest BCUT2D eigenvalue weighted by Gasteiger charge is 2.13. The van der Waals surface area contributed by atoms with Crippen LogP contribution in [0.25, 0.3) is 0 Å². The Bertz CT molecular complexity index is 537. The third-order valence-electron chi connectivity index (χ3n) is 3.01. The van der Waals surface area contributed by atoms with Crippen molar-refractivity contribution in [3.05, 3.63) is 35.5 Å². The smallest absolute Gasteiger partial charge is 0.137 e. The third kappa shape index (κ3) is 3.05. The summed E-state index contributed by atoms with van der Waals surface area (Å²) in [6.45, 7) is 4.71. The summed E-state index contributed by atoms with van der Waals surface area (Å²) >= 11 is 0. The molecule has 0 aliphatic rings. The van der Waals surface area contributed by atoms with E-state index in [9.17, 15) is 0 Å². The van der Waals surface area contributed by atoms with Gasteiger partial charge in [0.2, 0.25) is 0 Å². The molecule has 2 aromatic rings. The minimum atomic E-state index is 0.555. The summed E-state index contributed by atoms with van der Waals surface area (Å²) in [5, 5.41) is 0. The van der Waals surface area contributed by atoms with Gasteiger partial charge in [-0.2, -0.15) is 0 Å². The molecule has 0 radical (unpaired) electrons. The van der Waals surface area contributed by atoms with Gasteiger partial charge in [-0.15, -0.1) is 0 Å². The normalized spacial score (nSPS) is 10.7. The Hall–Kier alpha value is -2.04. The molecule has 0 amide bonds. The van der Waals surface area contributed by atoms with Crippen molar-refractivity contribution < 1.29 is 4.42 Å². The van der Waals surface area contributed by atoms with E-state index in [1.807, 2.05) is 31.0 Å². The quantitative estimate of drug-likeness (QED) is 0.894. The van der Waals surface area contributed by atoms with Crippen molar-refractivity contribution in [2.75, 3.05) is 17.7 Å². The maximum atomic E-state index is 5.96. The topological polar surface area (TPSA) is 68.2 Å². The molecule has 2 heterocycles. The van der Waals surface area contributed by atoms with Crippen molar-refractivity contribution in [2.45, 2.75) is 33.2 Å². The molecule has 0 saturated heterocycles. The number of hydrogen-bond acceptors (Lipinski definition) is 5. The van der Waals surface area contributed by atoms with Gasteiger partial charge in [0.15, 0.2) is 0 Å². The van der Waals surface area contributed by atoms with Crippen LogP contribution in [-0.2, 0) is 13.0 Å². The van der Waals surface area contributed by atoms with Gasteiger partial charge in [0.05, 0.1) is 12.8 Å². The summed E-state index contributed by atoms with van der Waals surface area (Å²) in [4.78, 5) is 10.9. The molecule has 2 rings (SSSR count). The lowest BCUT2D eigenvalue weighted by molar-refractivity contribution is 0.506. The van der Waals surface area contributed by atoms with Gasteiger partial charge in [-0.1, -0.05) is 6.92 Å². The van der Waals surface area contributed by atoms with E-state index in [0.29, 0.717) is 12.4 Å². The second kappa shape index (κ2) is 5.73. The monoisotopic (exact) mass is 260 g/mol. The highest BCUT2D eigenvalue weighted by molar-refractivity contribution is 5.56. The number of furan rings is 1. The van der Waals surface area contributed by atoms with Crippen molar-refractivity contribution >= 4 is 11.6 Å². The molecule has 0 aliphatic heterocycles. The molecule has 0 unspecified atom stereocenters. The van der Waals surface area contributed by atoms with Crippen LogP contribution < -0.4 is 10.6 Å². The van der Waals surface area contributed by atoms with E-state index < -0.39 is 0 Å². The van der Waals surface area contributed by atoms with Crippen LogP contribution in [-0.4, -0.2) is 17.0 Å². The molecule has 0 aliphatic carbocycles. The Morgan fingerprint density at radius 1 is 1.37 bits per heavy atom. The summed E-state index contributed by atoms with van der Waals surface area (Å²) in [6.07, 6.45) is 3.52. The minimum Gasteiger partial charge on any atom is -0.467 e. The number of nitrogens with zero attached hydrogens (tertiary/aromatic N) is 3. The number of aryl methyl sites for hydroxylation is 1. The molecule has 5 nitrogen and oxygen atoms in total. The van der Waals surface area contributed by atoms with Crippen LogP contribution in [0.15, 0.2) is 22.8 Å². The van der Waals surface area contributed by atoms with Crippen LogP contribution in [0, 0.1) is 6.92 Å². The maximum absolute atomic E-state index is 5.96. The van der Waals surface area contributed by atoms with Crippen LogP contribution >= 0.6 is 0 Å². The van der Waals surface area contributed by atoms with Gasteiger partial charge >= 0.3 is 0 Å². The molecule has 0 bridgehead atoms. The number of anilines is 2. The highest BCUT2D eigenvalue weighted by atomic mass is 16.3. The minimum absolute atomic E-state index is 0.555. The SMILES string of the molecule is CCCc1nc(N)c(C)c(N(C)Cc2ccco2)n1. The van der Waals surface area contributed by atoms with E-state index in [0.717, 1.165) is 35.8 Å². The zero-order valence-electron chi connectivity index (χ0n) is 11.7. The maximum Gasteiger partial charge on any atom is 0.137 e. The van der Waals surface area contributed by atoms with Crippen LogP contribution in [0.5, 0.6) is 0 Å². The average molecular weight is 260 g/mol. The number of nitrogens with two attached hydrogens (primary N) is 1. The Morgan fingerprint density at radius 3 is 2.79 bits per heavy atom. The molecule has 2 N–H and O–H groups in total. The number of nitrogen functional groups attached to an aromatic ring is 1. The van der Waals surface area contributed by atoms with Gasteiger partial charge in [-0.3, -0.25) is 0 Å². The number of rotatable bonds is 5. The first kappa shape index (κ1) is 13.4. The zero-order valence-corrected chi connectivity index (χ0v) is 11.7. The lowest BCUT2D eigenvalue weighted by atomic mass is 10.2. The Labute approximate surface area is 113 Å². The van der Waals surface area contributed by atoms with Gasteiger partial charge in [-0.05, 0) is 25.5 Å². The van der Waals surface area contributed by atoms with Crippen molar-refractivity contribution in [3.8, 4) is 0 Å². The van der Waals surface area contributed by atoms with Crippen molar-refractivity contribution in [1.29, 1.82) is 0 Å². The molecule has 19 heavy (non-hydrogen) atoms. The standard InChI is InChI=1S/C14H20N4O/c1-4-6-12-16-13(15)10(2)14(17-12)18(3)9-11-7-5-8-19-11/h5,7-8H,4,6,9H2,1-3H3,(H2,15,16,17). The average Bonchev–Trinajstić information content (AvgIpc) is 2.86. The second-order valence-electron chi connectivity index (χ2n) is 4.66. The first-order valence-corrected chi connectivity index (χ1v) is 6.48. The fourth-order valence-electron chi connectivity index (χ4n) is 1.99. The summed E-state index contributed by atoms with van der Waals surface area (Å²) in [5.74, 6) is 3.12. The number of aromatic nitrogens is 2. The van der Waals surface area contributed by atoms with Crippen LogP contribution in [0.3, 0.4) is 0 Å². The van der Waals surface area contributed by atoms with Crippen molar-refractivity contribution in [3.63, 3.8) is 0 Å². The van der Waals surface area contributed by atoms with Gasteiger partial charge in [-0.25, -0.2) is 9.97 Å². The molecule has 0 fully saturated rings. The summed E-state index contributed by atoms with van der Waals surface area (Å²) in [5.41, 5.74) is 6.87. The Kier molecular flexibility index (Phi) is 4.04. The summed E-state index contributed by atoms with van der Waals surface area (Å²) in [7, 11) is 1.98. The molecule has 0 aromatic carbocycles. The van der Waals surface area contributed by atoms with E-state index in [2.05, 4.69) is 16.9 Å². The van der Waals surface area contributed by atoms with Crippen molar-refractivity contribution in [1.82, 2.24) is 9.97 Å². The molecule has 2 aromatic heterocycles. The Balaban J connectivity index is 2.26. The zero-order chi connectivity index (χ0) is 13.8. The molecule has 5 heteroatoms. The molecular weight excluding hydrogens is 240 g/mol. The molecular formula is C14H20N4O. The third-order valence-corrected chi connectivity index (χ3v) is 3.01. The van der Waals surface area contributed by atoms with Gasteiger partial charge < -0.3 is 15.1 Å². The predicted octanol–water partition coefficient (Wildman–Crippen LogP) is 2.55. The second-order valence-corrected chi connectivity index (χ2v) is 4.66. The molecule has 102 valence electrons. The van der Waals surface area contributed by atoms with Gasteiger partial charge in [0.1, 0.15) is 23.2 Å². The fraction of sp³-hybridized carbons (Fsp3) is 0.429.